The lowest BCUT2D eigenvalue weighted by Gasteiger charge is -2.19. The number of benzene rings is 1. The molecule has 0 unspecified atom stereocenters. The lowest BCUT2D eigenvalue weighted by molar-refractivity contribution is 0.277. The molecule has 156 valence electrons. The third-order valence-corrected chi connectivity index (χ3v) is 5.29. The van der Waals surface area contributed by atoms with Gasteiger partial charge in [-0.15, -0.1) is 0 Å². The van der Waals surface area contributed by atoms with Gasteiger partial charge in [-0.1, -0.05) is 43.2 Å². The van der Waals surface area contributed by atoms with Crippen molar-refractivity contribution in [3.63, 3.8) is 0 Å². The van der Waals surface area contributed by atoms with E-state index in [-0.39, 0.29) is 0 Å². The number of guanidine groups is 1. The van der Waals surface area contributed by atoms with Crippen LogP contribution in [0.2, 0.25) is 0 Å². The largest absolute Gasteiger partial charge is 0.357 e. The number of nitrogens with zero attached hydrogens (tertiary/aromatic N) is 3. The lowest BCUT2D eigenvalue weighted by atomic mass is 10.1. The van der Waals surface area contributed by atoms with Crippen molar-refractivity contribution in [2.45, 2.75) is 52.1 Å². The molecule has 0 saturated carbocycles. The highest BCUT2D eigenvalue weighted by molar-refractivity contribution is 5.79. The fourth-order valence-electron chi connectivity index (χ4n) is 3.67. The molecule has 0 radical (unpaired) electrons. The minimum atomic E-state index is 0.683. The van der Waals surface area contributed by atoms with E-state index in [0.29, 0.717) is 6.54 Å². The van der Waals surface area contributed by atoms with Crippen molar-refractivity contribution in [3.05, 3.63) is 65.5 Å². The number of nitrogens with one attached hydrogen (secondary N) is 2. The van der Waals surface area contributed by atoms with Crippen LogP contribution in [0.4, 0.5) is 0 Å². The van der Waals surface area contributed by atoms with Crippen molar-refractivity contribution in [3.8, 4) is 0 Å². The highest BCUT2D eigenvalue weighted by Crippen LogP contribution is 2.14. The van der Waals surface area contributed by atoms with Crippen molar-refractivity contribution in [2.75, 3.05) is 26.2 Å². The number of hydrogen-bond acceptors (Lipinski definition) is 3. The molecule has 2 aromatic rings. The summed E-state index contributed by atoms with van der Waals surface area (Å²) in [6, 6.07) is 15.0. The minimum absolute atomic E-state index is 0.683. The topological polar surface area (TPSA) is 52.6 Å². The molecule has 1 fully saturated rings. The molecule has 5 heteroatoms. The normalized spacial score (nSPS) is 15.7. The molecular formula is C24H35N5. The van der Waals surface area contributed by atoms with Crippen molar-refractivity contribution in [1.82, 2.24) is 20.5 Å². The summed E-state index contributed by atoms with van der Waals surface area (Å²) in [5.74, 6) is 0.858. The van der Waals surface area contributed by atoms with Gasteiger partial charge in [-0.25, -0.2) is 4.99 Å². The van der Waals surface area contributed by atoms with Crippen molar-refractivity contribution in [2.24, 2.45) is 4.99 Å². The smallest absolute Gasteiger partial charge is 0.191 e. The molecule has 2 heterocycles. The zero-order valence-electron chi connectivity index (χ0n) is 17.7. The second kappa shape index (κ2) is 12.2. The van der Waals surface area contributed by atoms with Gasteiger partial charge < -0.3 is 10.6 Å². The maximum atomic E-state index is 4.74. The first-order valence-electron chi connectivity index (χ1n) is 11.1. The highest BCUT2D eigenvalue weighted by atomic mass is 15.2. The third-order valence-electron chi connectivity index (χ3n) is 5.29. The number of aliphatic imine (C=N–C) groups is 1. The Hall–Kier alpha value is -2.40. The van der Waals surface area contributed by atoms with Crippen LogP contribution < -0.4 is 10.6 Å². The third kappa shape index (κ3) is 7.86. The molecule has 2 N–H and O–H groups in total. The summed E-state index contributed by atoms with van der Waals surface area (Å²) in [5.41, 5.74) is 3.74. The summed E-state index contributed by atoms with van der Waals surface area (Å²) >= 11 is 0. The maximum Gasteiger partial charge on any atom is 0.191 e. The van der Waals surface area contributed by atoms with Crippen LogP contribution in [0.25, 0.3) is 0 Å². The van der Waals surface area contributed by atoms with Crippen molar-refractivity contribution >= 4 is 5.96 Å². The monoisotopic (exact) mass is 393 g/mol. The van der Waals surface area contributed by atoms with Crippen molar-refractivity contribution < 1.29 is 0 Å². The Morgan fingerprint density at radius 2 is 1.72 bits per heavy atom. The van der Waals surface area contributed by atoms with Crippen LogP contribution in [0, 0.1) is 0 Å². The fourth-order valence-corrected chi connectivity index (χ4v) is 3.67. The number of likely N-dealkylation sites (tertiary alicyclic amines) is 1. The summed E-state index contributed by atoms with van der Waals surface area (Å²) in [6.07, 6.45) is 8.18. The summed E-state index contributed by atoms with van der Waals surface area (Å²) in [5, 5.41) is 6.73. The maximum absolute atomic E-state index is 4.74. The van der Waals surface area contributed by atoms with Crippen LogP contribution in [0.3, 0.4) is 0 Å². The Morgan fingerprint density at radius 1 is 0.966 bits per heavy atom. The van der Waals surface area contributed by atoms with Gasteiger partial charge in [0.1, 0.15) is 0 Å². The molecule has 0 atom stereocenters. The molecule has 1 aliphatic rings. The van der Waals surface area contributed by atoms with E-state index in [1.807, 2.05) is 18.3 Å². The molecule has 0 spiro atoms. The van der Waals surface area contributed by atoms with Gasteiger partial charge in [0.05, 0.1) is 6.54 Å². The van der Waals surface area contributed by atoms with Gasteiger partial charge >= 0.3 is 0 Å². The number of rotatable bonds is 8. The first kappa shape index (κ1) is 21.3. The summed E-state index contributed by atoms with van der Waals surface area (Å²) in [6.45, 7) is 7.99. The Kier molecular flexibility index (Phi) is 8.98. The molecule has 1 saturated heterocycles. The first-order chi connectivity index (χ1) is 14.3. The molecule has 1 aromatic carbocycles. The number of pyridine rings is 1. The Morgan fingerprint density at radius 3 is 2.41 bits per heavy atom. The van der Waals surface area contributed by atoms with Gasteiger partial charge in [0, 0.05) is 37.9 Å². The van der Waals surface area contributed by atoms with E-state index >= 15 is 0 Å². The van der Waals surface area contributed by atoms with Crippen molar-refractivity contribution in [1.29, 1.82) is 0 Å². The van der Waals surface area contributed by atoms with Crippen LogP contribution in [0.5, 0.6) is 0 Å². The standard InChI is InChI=1S/C24H35N5/c1-2-25-24(27-16-14-23-9-5-6-15-26-23)28-19-21-10-12-22(13-11-21)20-29-17-7-3-4-8-18-29/h5-6,9-13,15H,2-4,7-8,14,16-20H2,1H3,(H2,25,27,28). The zero-order valence-corrected chi connectivity index (χ0v) is 17.7. The van der Waals surface area contributed by atoms with E-state index in [1.54, 1.807) is 0 Å². The van der Waals surface area contributed by atoms with Crippen LogP contribution in [0.15, 0.2) is 53.7 Å². The van der Waals surface area contributed by atoms with Crippen LogP contribution in [0.1, 0.15) is 49.4 Å². The predicted molar refractivity (Wildman–Crippen MR) is 121 cm³/mol. The summed E-state index contributed by atoms with van der Waals surface area (Å²) in [7, 11) is 0. The number of hydrogen-bond donors (Lipinski definition) is 2. The molecule has 29 heavy (non-hydrogen) atoms. The van der Waals surface area contributed by atoms with Crippen LogP contribution in [-0.4, -0.2) is 42.0 Å². The first-order valence-corrected chi connectivity index (χ1v) is 11.1. The summed E-state index contributed by atoms with van der Waals surface area (Å²) in [4.78, 5) is 11.7. The van der Waals surface area contributed by atoms with Gasteiger partial charge in [0.15, 0.2) is 5.96 Å². The zero-order chi connectivity index (χ0) is 20.2. The average Bonchev–Trinajstić information content (AvgIpc) is 3.02. The Labute approximate surface area is 175 Å². The molecule has 3 rings (SSSR count). The average molecular weight is 394 g/mol. The number of aromatic nitrogens is 1. The van der Waals surface area contributed by atoms with Crippen LogP contribution >= 0.6 is 0 Å². The summed E-state index contributed by atoms with van der Waals surface area (Å²) < 4.78 is 0. The van der Waals surface area contributed by atoms with Gasteiger partial charge in [-0.2, -0.15) is 0 Å². The lowest BCUT2D eigenvalue weighted by Crippen LogP contribution is -2.38. The van der Waals surface area contributed by atoms with E-state index in [2.05, 4.69) is 57.8 Å². The molecule has 0 aliphatic carbocycles. The minimum Gasteiger partial charge on any atom is -0.357 e. The molecule has 1 aliphatic heterocycles. The van der Waals surface area contributed by atoms with Gasteiger partial charge in [0.2, 0.25) is 0 Å². The quantitative estimate of drug-likeness (QED) is 0.530. The second-order valence-corrected chi connectivity index (χ2v) is 7.70. The van der Waals surface area contributed by atoms with E-state index in [1.165, 1.54) is 49.9 Å². The molecule has 0 bridgehead atoms. The van der Waals surface area contributed by atoms with E-state index in [0.717, 1.165) is 37.7 Å². The predicted octanol–water partition coefficient (Wildman–Crippen LogP) is 3.76. The second-order valence-electron chi connectivity index (χ2n) is 7.70. The molecular weight excluding hydrogens is 358 g/mol. The van der Waals surface area contributed by atoms with Gasteiger partial charge in [0.25, 0.3) is 0 Å². The molecule has 1 aromatic heterocycles. The van der Waals surface area contributed by atoms with E-state index in [4.69, 9.17) is 4.99 Å². The fraction of sp³-hybridized carbons (Fsp3) is 0.500. The van der Waals surface area contributed by atoms with E-state index < -0.39 is 0 Å². The van der Waals surface area contributed by atoms with Gasteiger partial charge in [-0.3, -0.25) is 9.88 Å². The highest BCUT2D eigenvalue weighted by Gasteiger charge is 2.09. The Bertz CT molecular complexity index is 719. The van der Waals surface area contributed by atoms with Gasteiger partial charge in [-0.05, 0) is 56.1 Å². The van der Waals surface area contributed by atoms with Crippen LogP contribution in [-0.2, 0) is 19.5 Å². The Balaban J connectivity index is 1.47. The molecule has 5 nitrogen and oxygen atoms in total. The molecule has 0 amide bonds. The SMILES string of the molecule is CCNC(=NCc1ccc(CN2CCCCCC2)cc1)NCCc1ccccn1. The van der Waals surface area contributed by atoms with E-state index in [9.17, 15) is 0 Å².